The molecule has 0 aliphatic carbocycles. The molecule has 0 saturated carbocycles. The molecule has 2 unspecified atom stereocenters. The van der Waals surface area contributed by atoms with Gasteiger partial charge in [-0.15, -0.1) is 11.3 Å². The Balaban J connectivity index is 1.94. The molecule has 108 valence electrons. The van der Waals surface area contributed by atoms with E-state index >= 15 is 0 Å². The predicted octanol–water partition coefficient (Wildman–Crippen LogP) is 3.69. The average molecular weight is 281 g/mol. The second-order valence-electron chi connectivity index (χ2n) is 5.97. The number of rotatable bonds is 6. The van der Waals surface area contributed by atoms with E-state index in [1.807, 2.05) is 0 Å². The first-order valence-electron chi connectivity index (χ1n) is 7.55. The molecule has 1 aliphatic rings. The molecule has 1 N–H and O–H groups in total. The van der Waals surface area contributed by atoms with Gasteiger partial charge in [-0.05, 0) is 38.1 Å². The summed E-state index contributed by atoms with van der Waals surface area (Å²) in [5, 5.41) is 6.93. The van der Waals surface area contributed by atoms with Gasteiger partial charge in [0.05, 0.1) is 5.69 Å². The van der Waals surface area contributed by atoms with Gasteiger partial charge in [-0.2, -0.15) is 0 Å². The van der Waals surface area contributed by atoms with E-state index in [4.69, 9.17) is 4.98 Å². The molecule has 0 amide bonds. The zero-order chi connectivity index (χ0) is 13.8. The molecule has 1 aliphatic heterocycles. The number of nitrogens with zero attached hydrogens (tertiary/aromatic N) is 2. The lowest BCUT2D eigenvalue weighted by Crippen LogP contribution is -2.22. The lowest BCUT2D eigenvalue weighted by Gasteiger charge is -2.17. The summed E-state index contributed by atoms with van der Waals surface area (Å²) in [7, 11) is 0. The van der Waals surface area contributed by atoms with Gasteiger partial charge < -0.3 is 10.2 Å². The molecular weight excluding hydrogens is 254 g/mol. The van der Waals surface area contributed by atoms with Gasteiger partial charge in [0.25, 0.3) is 0 Å². The Morgan fingerprint density at radius 1 is 1.47 bits per heavy atom. The highest BCUT2D eigenvalue weighted by molar-refractivity contribution is 7.13. The normalized spacial score (nSPS) is 21.3. The first kappa shape index (κ1) is 14.8. The fraction of sp³-hybridized carbons (Fsp3) is 0.800. The Bertz CT molecular complexity index is 388. The van der Waals surface area contributed by atoms with Crippen LogP contribution in [0.15, 0.2) is 5.38 Å². The van der Waals surface area contributed by atoms with Crippen molar-refractivity contribution in [2.24, 2.45) is 11.8 Å². The number of hydrogen-bond acceptors (Lipinski definition) is 4. The van der Waals surface area contributed by atoms with Crippen molar-refractivity contribution < 1.29 is 0 Å². The average Bonchev–Trinajstić information content (AvgIpc) is 3.03. The second-order valence-corrected chi connectivity index (χ2v) is 6.81. The predicted molar refractivity (Wildman–Crippen MR) is 84.0 cm³/mol. The molecule has 2 heterocycles. The van der Waals surface area contributed by atoms with Gasteiger partial charge in [-0.1, -0.05) is 20.8 Å². The fourth-order valence-electron chi connectivity index (χ4n) is 2.59. The van der Waals surface area contributed by atoms with Crippen LogP contribution in [-0.2, 0) is 0 Å². The second kappa shape index (κ2) is 6.71. The highest BCUT2D eigenvalue weighted by atomic mass is 32.1. The molecule has 2 rings (SSSR count). The minimum absolute atomic E-state index is 0.369. The van der Waals surface area contributed by atoms with Crippen LogP contribution in [0.1, 0.15) is 52.3 Å². The van der Waals surface area contributed by atoms with Crippen LogP contribution in [0, 0.1) is 11.8 Å². The van der Waals surface area contributed by atoms with Crippen molar-refractivity contribution in [3.05, 3.63) is 11.1 Å². The van der Waals surface area contributed by atoms with Crippen molar-refractivity contribution in [2.75, 3.05) is 24.5 Å². The van der Waals surface area contributed by atoms with Crippen LogP contribution in [0.2, 0.25) is 0 Å². The van der Waals surface area contributed by atoms with Crippen molar-refractivity contribution >= 4 is 16.5 Å². The van der Waals surface area contributed by atoms with E-state index in [1.54, 1.807) is 11.3 Å². The van der Waals surface area contributed by atoms with Gasteiger partial charge in [-0.25, -0.2) is 4.98 Å². The van der Waals surface area contributed by atoms with Gasteiger partial charge in [0.1, 0.15) is 0 Å². The summed E-state index contributed by atoms with van der Waals surface area (Å²) in [6.07, 6.45) is 2.49. The minimum atomic E-state index is 0.369. The maximum absolute atomic E-state index is 4.82. The molecule has 0 aromatic carbocycles. The van der Waals surface area contributed by atoms with E-state index in [-0.39, 0.29) is 0 Å². The summed E-state index contributed by atoms with van der Waals surface area (Å²) in [4.78, 5) is 7.28. The van der Waals surface area contributed by atoms with Gasteiger partial charge in [0.15, 0.2) is 5.13 Å². The minimum Gasteiger partial charge on any atom is -0.348 e. The topological polar surface area (TPSA) is 28.2 Å². The van der Waals surface area contributed by atoms with Gasteiger partial charge in [0, 0.05) is 24.5 Å². The monoisotopic (exact) mass is 281 g/mol. The lowest BCUT2D eigenvalue weighted by atomic mass is 9.95. The lowest BCUT2D eigenvalue weighted by molar-refractivity contribution is 0.422. The van der Waals surface area contributed by atoms with E-state index < -0.39 is 0 Å². The zero-order valence-electron chi connectivity index (χ0n) is 12.6. The van der Waals surface area contributed by atoms with Crippen LogP contribution < -0.4 is 10.2 Å². The SMILES string of the molecule is CCCNC(C)c1csc(N2CCC(C(C)C)C2)n1. The number of anilines is 1. The van der Waals surface area contributed by atoms with Crippen molar-refractivity contribution in [2.45, 2.75) is 46.6 Å². The smallest absolute Gasteiger partial charge is 0.185 e. The maximum Gasteiger partial charge on any atom is 0.185 e. The van der Waals surface area contributed by atoms with Crippen LogP contribution in [0.25, 0.3) is 0 Å². The maximum atomic E-state index is 4.82. The van der Waals surface area contributed by atoms with E-state index in [2.05, 4.69) is 43.3 Å². The first-order valence-corrected chi connectivity index (χ1v) is 8.43. The Morgan fingerprint density at radius 2 is 2.26 bits per heavy atom. The Kier molecular flexibility index (Phi) is 5.22. The van der Waals surface area contributed by atoms with Crippen molar-refractivity contribution in [3.63, 3.8) is 0 Å². The molecule has 4 heteroatoms. The molecule has 1 aromatic heterocycles. The highest BCUT2D eigenvalue weighted by Gasteiger charge is 2.26. The van der Waals surface area contributed by atoms with E-state index in [9.17, 15) is 0 Å². The zero-order valence-corrected chi connectivity index (χ0v) is 13.5. The molecular formula is C15H27N3S. The van der Waals surface area contributed by atoms with Crippen LogP contribution in [0.3, 0.4) is 0 Å². The summed E-state index contributed by atoms with van der Waals surface area (Å²) in [6.45, 7) is 12.5. The van der Waals surface area contributed by atoms with Gasteiger partial charge in [0.2, 0.25) is 0 Å². The molecule has 19 heavy (non-hydrogen) atoms. The molecule has 0 bridgehead atoms. The standard InChI is InChI=1S/C15H27N3S/c1-5-7-16-12(4)14-10-19-15(17-14)18-8-6-13(9-18)11(2)3/h10-13,16H,5-9H2,1-4H3. The molecule has 0 spiro atoms. The third-order valence-corrected chi connectivity index (χ3v) is 5.01. The number of hydrogen-bond donors (Lipinski definition) is 1. The Labute approximate surface area is 121 Å². The van der Waals surface area contributed by atoms with Crippen LogP contribution in [-0.4, -0.2) is 24.6 Å². The number of thiazole rings is 1. The first-order chi connectivity index (χ1) is 9.11. The number of aromatic nitrogens is 1. The summed E-state index contributed by atoms with van der Waals surface area (Å²) in [5.74, 6) is 1.62. The highest BCUT2D eigenvalue weighted by Crippen LogP contribution is 2.31. The van der Waals surface area contributed by atoms with Crippen molar-refractivity contribution in [1.29, 1.82) is 0 Å². The number of nitrogens with one attached hydrogen (secondary N) is 1. The van der Waals surface area contributed by atoms with Crippen molar-refractivity contribution in [3.8, 4) is 0 Å². The van der Waals surface area contributed by atoms with Crippen LogP contribution in [0.4, 0.5) is 5.13 Å². The Morgan fingerprint density at radius 3 is 2.89 bits per heavy atom. The van der Waals surface area contributed by atoms with E-state index in [0.29, 0.717) is 6.04 Å². The van der Waals surface area contributed by atoms with Gasteiger partial charge in [-0.3, -0.25) is 0 Å². The summed E-state index contributed by atoms with van der Waals surface area (Å²) in [6, 6.07) is 0.369. The third kappa shape index (κ3) is 3.69. The molecule has 2 atom stereocenters. The van der Waals surface area contributed by atoms with E-state index in [1.165, 1.54) is 36.8 Å². The molecule has 1 aromatic rings. The molecule has 1 fully saturated rings. The fourth-order valence-corrected chi connectivity index (χ4v) is 3.55. The summed E-state index contributed by atoms with van der Waals surface area (Å²) >= 11 is 1.80. The largest absolute Gasteiger partial charge is 0.348 e. The quantitative estimate of drug-likeness (QED) is 0.862. The van der Waals surface area contributed by atoms with Crippen LogP contribution >= 0.6 is 11.3 Å². The summed E-state index contributed by atoms with van der Waals surface area (Å²) < 4.78 is 0. The molecule has 3 nitrogen and oxygen atoms in total. The molecule has 0 radical (unpaired) electrons. The third-order valence-electron chi connectivity index (χ3n) is 4.09. The van der Waals surface area contributed by atoms with E-state index in [0.717, 1.165) is 18.4 Å². The summed E-state index contributed by atoms with van der Waals surface area (Å²) in [5.41, 5.74) is 1.20. The van der Waals surface area contributed by atoms with Crippen LogP contribution in [0.5, 0.6) is 0 Å². The van der Waals surface area contributed by atoms with Crippen molar-refractivity contribution in [1.82, 2.24) is 10.3 Å². The Hall–Kier alpha value is -0.610. The molecule has 1 saturated heterocycles. The van der Waals surface area contributed by atoms with Gasteiger partial charge >= 0.3 is 0 Å².